The van der Waals surface area contributed by atoms with Crippen molar-refractivity contribution in [3.05, 3.63) is 71.1 Å². The van der Waals surface area contributed by atoms with E-state index in [2.05, 4.69) is 0 Å². The summed E-state index contributed by atoms with van der Waals surface area (Å²) in [6.45, 7) is 5.52. The molecule has 1 saturated heterocycles. The Kier molecular flexibility index (Phi) is 7.03. The molecular formula is C27H29NO5S. The Morgan fingerprint density at radius 1 is 1.12 bits per heavy atom. The van der Waals surface area contributed by atoms with Crippen molar-refractivity contribution in [3.63, 3.8) is 0 Å². The molecule has 0 bridgehead atoms. The zero-order valence-corrected chi connectivity index (χ0v) is 20.5. The number of cyclic esters (lactones) is 1. The van der Waals surface area contributed by atoms with Crippen LogP contribution in [0, 0.1) is 5.92 Å². The van der Waals surface area contributed by atoms with Gasteiger partial charge in [0.1, 0.15) is 12.2 Å². The number of hydrogen-bond donors (Lipinski definition) is 0. The lowest BCUT2D eigenvalue weighted by atomic mass is 9.93. The van der Waals surface area contributed by atoms with Gasteiger partial charge in [0.25, 0.3) is 0 Å². The SMILES string of the molecule is CC(C)(C)OC(=O)CC(Cc1csc2ccccc12)C(=O)N1C(=O)OCC1Cc1ccccc1. The van der Waals surface area contributed by atoms with Crippen molar-refractivity contribution in [2.75, 3.05) is 6.61 Å². The van der Waals surface area contributed by atoms with Gasteiger partial charge in [-0.3, -0.25) is 9.59 Å². The first kappa shape index (κ1) is 24.0. The smallest absolute Gasteiger partial charge is 0.416 e. The fourth-order valence-electron chi connectivity index (χ4n) is 4.25. The molecule has 0 N–H and O–H groups in total. The number of benzene rings is 2. The van der Waals surface area contributed by atoms with Crippen LogP contribution in [0.4, 0.5) is 4.79 Å². The number of amides is 2. The number of esters is 1. The van der Waals surface area contributed by atoms with Crippen LogP contribution in [0.25, 0.3) is 10.1 Å². The van der Waals surface area contributed by atoms with Gasteiger partial charge in [0, 0.05) is 4.70 Å². The molecule has 2 unspecified atom stereocenters. The van der Waals surface area contributed by atoms with Crippen LogP contribution in [-0.4, -0.2) is 41.1 Å². The van der Waals surface area contributed by atoms with Crippen LogP contribution >= 0.6 is 11.3 Å². The molecule has 2 atom stereocenters. The van der Waals surface area contributed by atoms with Gasteiger partial charge in [-0.05, 0) is 61.6 Å². The zero-order chi connectivity index (χ0) is 24.3. The molecule has 7 heteroatoms. The van der Waals surface area contributed by atoms with Crippen molar-refractivity contribution < 1.29 is 23.9 Å². The molecule has 3 aromatic rings. The highest BCUT2D eigenvalue weighted by Crippen LogP contribution is 2.30. The van der Waals surface area contributed by atoms with Crippen LogP contribution in [0.5, 0.6) is 0 Å². The standard InChI is InChI=1S/C27H29NO5S/c1-27(2,3)33-24(29)15-19(14-20-17-34-23-12-8-7-11-22(20)23)25(30)28-21(16-32-26(28)31)13-18-9-5-4-6-10-18/h4-12,17,19,21H,13-16H2,1-3H3. The predicted molar refractivity (Wildman–Crippen MR) is 132 cm³/mol. The maximum Gasteiger partial charge on any atom is 0.416 e. The Balaban J connectivity index is 1.60. The summed E-state index contributed by atoms with van der Waals surface area (Å²) in [5.41, 5.74) is 1.33. The Labute approximate surface area is 203 Å². The van der Waals surface area contributed by atoms with E-state index in [9.17, 15) is 14.4 Å². The number of thiophene rings is 1. The molecule has 1 aliphatic heterocycles. The van der Waals surface area contributed by atoms with Crippen molar-refractivity contribution >= 4 is 39.4 Å². The van der Waals surface area contributed by atoms with Crippen LogP contribution in [0.15, 0.2) is 60.0 Å². The van der Waals surface area contributed by atoms with Crippen molar-refractivity contribution in [2.24, 2.45) is 5.92 Å². The molecule has 0 radical (unpaired) electrons. The van der Waals surface area contributed by atoms with E-state index < -0.39 is 35.5 Å². The number of carbonyl (C=O) groups excluding carboxylic acids is 3. The third-order valence-corrected chi connectivity index (χ3v) is 6.73. The summed E-state index contributed by atoms with van der Waals surface area (Å²) in [7, 11) is 0. The molecular weight excluding hydrogens is 450 g/mol. The van der Waals surface area contributed by atoms with Crippen molar-refractivity contribution in [1.82, 2.24) is 4.90 Å². The summed E-state index contributed by atoms with van der Waals surface area (Å²) in [6.07, 6.45) is 0.0700. The quantitative estimate of drug-likeness (QED) is 0.425. The maximum atomic E-state index is 13.7. The second-order valence-corrected chi connectivity index (χ2v) is 10.5. The van der Waals surface area contributed by atoms with Crippen molar-refractivity contribution in [1.29, 1.82) is 0 Å². The Bertz CT molecular complexity index is 1180. The molecule has 0 saturated carbocycles. The molecule has 1 aliphatic rings. The highest BCUT2D eigenvalue weighted by atomic mass is 32.1. The van der Waals surface area contributed by atoms with Gasteiger partial charge in [-0.1, -0.05) is 48.5 Å². The topological polar surface area (TPSA) is 72.9 Å². The summed E-state index contributed by atoms with van der Waals surface area (Å²) in [4.78, 5) is 40.3. The van der Waals surface area contributed by atoms with Gasteiger partial charge in [0.15, 0.2) is 0 Å². The molecule has 34 heavy (non-hydrogen) atoms. The van der Waals surface area contributed by atoms with E-state index in [1.165, 1.54) is 4.90 Å². The van der Waals surface area contributed by atoms with Gasteiger partial charge in [0.05, 0.1) is 18.4 Å². The lowest BCUT2D eigenvalue weighted by molar-refractivity contribution is -0.158. The molecule has 1 aromatic heterocycles. The number of imide groups is 1. The van der Waals surface area contributed by atoms with Crippen molar-refractivity contribution in [3.8, 4) is 0 Å². The Morgan fingerprint density at radius 3 is 2.56 bits per heavy atom. The maximum absolute atomic E-state index is 13.7. The number of nitrogens with zero attached hydrogens (tertiary/aromatic N) is 1. The minimum absolute atomic E-state index is 0.109. The van der Waals surface area contributed by atoms with Crippen LogP contribution in [0.3, 0.4) is 0 Å². The number of fused-ring (bicyclic) bond motifs is 1. The lowest BCUT2D eigenvalue weighted by Crippen LogP contribution is -2.45. The number of hydrogen-bond acceptors (Lipinski definition) is 6. The van der Waals surface area contributed by atoms with Crippen LogP contribution in [0.2, 0.25) is 0 Å². The van der Waals surface area contributed by atoms with Crippen LogP contribution in [0.1, 0.15) is 38.3 Å². The molecule has 6 nitrogen and oxygen atoms in total. The predicted octanol–water partition coefficient (Wildman–Crippen LogP) is 5.38. The van der Waals surface area contributed by atoms with Gasteiger partial charge in [0.2, 0.25) is 5.91 Å². The zero-order valence-electron chi connectivity index (χ0n) is 19.7. The van der Waals surface area contributed by atoms with E-state index in [0.29, 0.717) is 12.8 Å². The molecule has 2 aromatic carbocycles. The first-order valence-electron chi connectivity index (χ1n) is 11.4. The highest BCUT2D eigenvalue weighted by molar-refractivity contribution is 7.17. The Morgan fingerprint density at radius 2 is 1.82 bits per heavy atom. The number of ether oxygens (including phenoxy) is 2. The van der Waals surface area contributed by atoms with Gasteiger partial charge in [-0.2, -0.15) is 0 Å². The first-order chi connectivity index (χ1) is 16.2. The van der Waals surface area contributed by atoms with Crippen LogP contribution < -0.4 is 0 Å². The molecule has 2 heterocycles. The summed E-state index contributed by atoms with van der Waals surface area (Å²) < 4.78 is 11.9. The van der Waals surface area contributed by atoms with Gasteiger partial charge >= 0.3 is 12.1 Å². The van der Waals surface area contributed by atoms with E-state index in [1.54, 1.807) is 32.1 Å². The summed E-state index contributed by atoms with van der Waals surface area (Å²) in [5, 5.41) is 3.07. The fourth-order valence-corrected chi connectivity index (χ4v) is 5.23. The van der Waals surface area contributed by atoms with Gasteiger partial charge < -0.3 is 9.47 Å². The minimum atomic E-state index is -0.739. The average Bonchev–Trinajstić information content (AvgIpc) is 3.35. The normalized spacial score (nSPS) is 17.0. The molecule has 1 fully saturated rings. The van der Waals surface area contributed by atoms with Crippen molar-refractivity contribution in [2.45, 2.75) is 51.7 Å². The molecule has 2 amide bonds. The third-order valence-electron chi connectivity index (χ3n) is 5.72. The summed E-state index contributed by atoms with van der Waals surface area (Å²) in [6, 6.07) is 17.2. The average molecular weight is 480 g/mol. The number of carbonyl (C=O) groups is 3. The summed E-state index contributed by atoms with van der Waals surface area (Å²) >= 11 is 1.60. The molecule has 178 valence electrons. The molecule has 4 rings (SSSR count). The second kappa shape index (κ2) is 9.97. The largest absolute Gasteiger partial charge is 0.460 e. The fraction of sp³-hybridized carbons (Fsp3) is 0.370. The molecule has 0 spiro atoms. The monoisotopic (exact) mass is 479 g/mol. The van der Waals surface area contributed by atoms with Gasteiger partial charge in [-0.25, -0.2) is 9.69 Å². The Hall–Kier alpha value is -3.19. The first-order valence-corrected chi connectivity index (χ1v) is 12.3. The van der Waals surface area contributed by atoms with Crippen LogP contribution in [-0.2, 0) is 31.9 Å². The highest BCUT2D eigenvalue weighted by Gasteiger charge is 2.41. The van der Waals surface area contributed by atoms with E-state index >= 15 is 0 Å². The second-order valence-electron chi connectivity index (χ2n) is 9.58. The van der Waals surface area contributed by atoms with E-state index in [1.807, 2.05) is 60.0 Å². The third kappa shape index (κ3) is 5.65. The lowest BCUT2D eigenvalue weighted by Gasteiger charge is -2.26. The van der Waals surface area contributed by atoms with E-state index in [-0.39, 0.29) is 13.0 Å². The minimum Gasteiger partial charge on any atom is -0.460 e. The molecule has 0 aliphatic carbocycles. The summed E-state index contributed by atoms with van der Waals surface area (Å²) in [5.74, 6) is -1.60. The number of rotatable bonds is 7. The van der Waals surface area contributed by atoms with E-state index in [4.69, 9.17) is 9.47 Å². The van der Waals surface area contributed by atoms with Gasteiger partial charge in [-0.15, -0.1) is 11.3 Å². The van der Waals surface area contributed by atoms with E-state index in [0.717, 1.165) is 21.2 Å².